The van der Waals surface area contributed by atoms with Gasteiger partial charge in [-0.3, -0.25) is 4.79 Å². The minimum atomic E-state index is -0.346. The van der Waals surface area contributed by atoms with Crippen LogP contribution in [0.2, 0.25) is 5.02 Å². The van der Waals surface area contributed by atoms with Crippen LogP contribution in [0.5, 0.6) is 0 Å². The standard InChI is InChI=1S/C12H8ClN3OS/c13-8-2-1-7(6-14)10(5-8)16-12(17)11-9(15)3-4-18-11/h1-5H,15H2,(H,16,17). The average Bonchev–Trinajstić information content (AvgIpc) is 2.76. The number of nitrogens with one attached hydrogen (secondary N) is 1. The van der Waals surface area contributed by atoms with E-state index in [1.165, 1.54) is 17.4 Å². The van der Waals surface area contributed by atoms with Gasteiger partial charge in [0.1, 0.15) is 10.9 Å². The van der Waals surface area contributed by atoms with Crippen molar-refractivity contribution in [2.24, 2.45) is 0 Å². The number of rotatable bonds is 2. The molecule has 2 aromatic rings. The second-order valence-corrected chi connectivity index (χ2v) is 4.81. The Kier molecular flexibility index (Phi) is 3.51. The molecule has 2 rings (SSSR count). The number of hydrogen-bond acceptors (Lipinski definition) is 4. The molecule has 1 aromatic carbocycles. The van der Waals surface area contributed by atoms with Gasteiger partial charge in [0.05, 0.1) is 16.9 Å². The molecule has 0 saturated carbocycles. The quantitative estimate of drug-likeness (QED) is 0.885. The molecule has 1 heterocycles. The van der Waals surface area contributed by atoms with Crippen LogP contribution in [0.15, 0.2) is 29.6 Å². The first-order valence-electron chi connectivity index (χ1n) is 4.96. The second-order valence-electron chi connectivity index (χ2n) is 3.46. The fourth-order valence-electron chi connectivity index (χ4n) is 1.40. The lowest BCUT2D eigenvalue weighted by molar-refractivity contribution is 0.103. The molecular weight excluding hydrogens is 270 g/mol. The molecular formula is C12H8ClN3OS. The summed E-state index contributed by atoms with van der Waals surface area (Å²) in [6.45, 7) is 0. The minimum absolute atomic E-state index is 0.346. The van der Waals surface area contributed by atoms with Gasteiger partial charge < -0.3 is 11.1 Å². The highest BCUT2D eigenvalue weighted by Crippen LogP contribution is 2.24. The van der Waals surface area contributed by atoms with Crippen LogP contribution in [-0.2, 0) is 0 Å². The molecule has 90 valence electrons. The predicted octanol–water partition coefficient (Wildman–Crippen LogP) is 3.11. The summed E-state index contributed by atoms with van der Waals surface area (Å²) in [4.78, 5) is 12.4. The lowest BCUT2D eigenvalue weighted by Crippen LogP contribution is -2.12. The van der Waals surface area contributed by atoms with Crippen molar-refractivity contribution >= 4 is 40.2 Å². The number of anilines is 2. The molecule has 0 unspecified atom stereocenters. The Bertz CT molecular complexity index is 645. The number of nitrogen functional groups attached to an aromatic ring is 1. The van der Waals surface area contributed by atoms with Crippen LogP contribution in [0, 0.1) is 11.3 Å². The van der Waals surface area contributed by atoms with Gasteiger partial charge in [0.15, 0.2) is 0 Å². The van der Waals surface area contributed by atoms with Crippen molar-refractivity contribution in [3.8, 4) is 6.07 Å². The van der Waals surface area contributed by atoms with Gasteiger partial charge in [-0.05, 0) is 29.6 Å². The van der Waals surface area contributed by atoms with Crippen LogP contribution in [0.25, 0.3) is 0 Å². The Morgan fingerprint density at radius 2 is 2.22 bits per heavy atom. The van der Waals surface area contributed by atoms with Crippen LogP contribution >= 0.6 is 22.9 Å². The molecule has 0 aliphatic rings. The number of nitrogens with two attached hydrogens (primary N) is 1. The van der Waals surface area contributed by atoms with Gasteiger partial charge in [-0.15, -0.1) is 11.3 Å². The van der Waals surface area contributed by atoms with E-state index in [4.69, 9.17) is 22.6 Å². The molecule has 1 aromatic heterocycles. The molecule has 0 fully saturated rings. The van der Waals surface area contributed by atoms with Crippen LogP contribution in [0.3, 0.4) is 0 Å². The third-order valence-corrected chi connectivity index (χ3v) is 3.42. The zero-order valence-electron chi connectivity index (χ0n) is 9.11. The van der Waals surface area contributed by atoms with E-state index in [-0.39, 0.29) is 5.91 Å². The zero-order chi connectivity index (χ0) is 13.1. The van der Waals surface area contributed by atoms with Crippen LogP contribution in [0.1, 0.15) is 15.2 Å². The van der Waals surface area contributed by atoms with E-state index in [9.17, 15) is 4.79 Å². The molecule has 0 aliphatic carbocycles. The summed E-state index contributed by atoms with van der Waals surface area (Å²) in [5.74, 6) is -0.346. The van der Waals surface area contributed by atoms with Crippen LogP contribution in [0.4, 0.5) is 11.4 Å². The van der Waals surface area contributed by atoms with Crippen molar-refractivity contribution in [1.82, 2.24) is 0 Å². The molecule has 0 spiro atoms. The normalized spacial score (nSPS) is 9.78. The van der Waals surface area contributed by atoms with E-state index in [0.717, 1.165) is 0 Å². The van der Waals surface area contributed by atoms with Crippen molar-refractivity contribution in [3.05, 3.63) is 45.1 Å². The number of nitrogens with zero attached hydrogens (tertiary/aromatic N) is 1. The number of nitriles is 1. The fraction of sp³-hybridized carbons (Fsp3) is 0. The van der Waals surface area contributed by atoms with Crippen LogP contribution < -0.4 is 11.1 Å². The molecule has 4 nitrogen and oxygen atoms in total. The van der Waals surface area contributed by atoms with Gasteiger partial charge in [0, 0.05) is 5.02 Å². The number of carbonyl (C=O) groups excluding carboxylic acids is 1. The van der Waals surface area contributed by atoms with Crippen molar-refractivity contribution in [2.45, 2.75) is 0 Å². The maximum absolute atomic E-state index is 11.9. The molecule has 0 aliphatic heterocycles. The molecule has 3 N–H and O–H groups in total. The number of carbonyl (C=O) groups is 1. The highest BCUT2D eigenvalue weighted by Gasteiger charge is 2.13. The lowest BCUT2D eigenvalue weighted by Gasteiger charge is -2.06. The predicted molar refractivity (Wildman–Crippen MR) is 72.9 cm³/mol. The molecule has 0 atom stereocenters. The van der Waals surface area contributed by atoms with E-state index < -0.39 is 0 Å². The number of amides is 1. The summed E-state index contributed by atoms with van der Waals surface area (Å²) in [6, 6.07) is 8.32. The molecule has 6 heteroatoms. The van der Waals surface area contributed by atoms with Crippen LogP contribution in [-0.4, -0.2) is 5.91 Å². The lowest BCUT2D eigenvalue weighted by atomic mass is 10.2. The minimum Gasteiger partial charge on any atom is -0.397 e. The largest absolute Gasteiger partial charge is 0.397 e. The maximum Gasteiger partial charge on any atom is 0.267 e. The Labute approximate surface area is 113 Å². The summed E-state index contributed by atoms with van der Waals surface area (Å²) in [5.41, 5.74) is 6.80. The summed E-state index contributed by atoms with van der Waals surface area (Å²) in [6.07, 6.45) is 0. The summed E-state index contributed by atoms with van der Waals surface area (Å²) < 4.78 is 0. The molecule has 18 heavy (non-hydrogen) atoms. The summed E-state index contributed by atoms with van der Waals surface area (Å²) in [5, 5.41) is 13.7. The highest BCUT2D eigenvalue weighted by molar-refractivity contribution is 7.12. The Morgan fingerprint density at radius 1 is 1.44 bits per heavy atom. The second kappa shape index (κ2) is 5.08. The summed E-state index contributed by atoms with van der Waals surface area (Å²) in [7, 11) is 0. The number of thiophene rings is 1. The number of halogens is 1. The smallest absolute Gasteiger partial charge is 0.267 e. The number of benzene rings is 1. The average molecular weight is 278 g/mol. The summed E-state index contributed by atoms with van der Waals surface area (Å²) >= 11 is 7.07. The van der Waals surface area contributed by atoms with Gasteiger partial charge in [0.2, 0.25) is 0 Å². The van der Waals surface area contributed by atoms with Gasteiger partial charge in [-0.2, -0.15) is 5.26 Å². The van der Waals surface area contributed by atoms with E-state index in [1.54, 1.807) is 23.6 Å². The monoisotopic (exact) mass is 277 g/mol. The van der Waals surface area contributed by atoms with Gasteiger partial charge >= 0.3 is 0 Å². The van der Waals surface area contributed by atoms with Crippen molar-refractivity contribution in [1.29, 1.82) is 5.26 Å². The maximum atomic E-state index is 11.9. The topological polar surface area (TPSA) is 78.9 Å². The Hall–Kier alpha value is -2.03. The van der Waals surface area contributed by atoms with Crippen molar-refractivity contribution < 1.29 is 4.79 Å². The van der Waals surface area contributed by atoms with Crippen molar-refractivity contribution in [3.63, 3.8) is 0 Å². The first-order chi connectivity index (χ1) is 8.61. The van der Waals surface area contributed by atoms with E-state index in [1.807, 2.05) is 6.07 Å². The van der Waals surface area contributed by atoms with Gasteiger partial charge in [0.25, 0.3) is 5.91 Å². The van der Waals surface area contributed by atoms with E-state index in [0.29, 0.717) is 26.8 Å². The molecule has 0 bridgehead atoms. The molecule has 0 radical (unpaired) electrons. The first kappa shape index (κ1) is 12.4. The van der Waals surface area contributed by atoms with E-state index >= 15 is 0 Å². The first-order valence-corrected chi connectivity index (χ1v) is 6.21. The zero-order valence-corrected chi connectivity index (χ0v) is 10.7. The Balaban J connectivity index is 2.30. The SMILES string of the molecule is N#Cc1ccc(Cl)cc1NC(=O)c1sccc1N. The molecule has 0 saturated heterocycles. The highest BCUT2D eigenvalue weighted by atomic mass is 35.5. The Morgan fingerprint density at radius 3 is 2.83 bits per heavy atom. The molecule has 1 amide bonds. The van der Waals surface area contributed by atoms with Gasteiger partial charge in [-0.25, -0.2) is 0 Å². The number of hydrogen-bond donors (Lipinski definition) is 2. The van der Waals surface area contributed by atoms with Gasteiger partial charge in [-0.1, -0.05) is 11.6 Å². The van der Waals surface area contributed by atoms with Crippen molar-refractivity contribution in [2.75, 3.05) is 11.1 Å². The third-order valence-electron chi connectivity index (χ3n) is 2.25. The van der Waals surface area contributed by atoms with E-state index in [2.05, 4.69) is 5.32 Å². The fourth-order valence-corrected chi connectivity index (χ4v) is 2.29. The third kappa shape index (κ3) is 2.45.